The van der Waals surface area contributed by atoms with Gasteiger partial charge in [-0.3, -0.25) is 9.59 Å². The first-order valence-corrected chi connectivity index (χ1v) is 9.32. The lowest BCUT2D eigenvalue weighted by Crippen LogP contribution is -2.27. The molecule has 6 nitrogen and oxygen atoms in total. The maximum atomic E-state index is 13.8. The monoisotopic (exact) mass is 415 g/mol. The van der Waals surface area contributed by atoms with E-state index in [4.69, 9.17) is 22.4 Å². The summed E-state index contributed by atoms with van der Waals surface area (Å²) in [4.78, 5) is 23.8. The molecule has 3 rings (SSSR count). The second kappa shape index (κ2) is 8.98. The van der Waals surface area contributed by atoms with E-state index in [9.17, 15) is 14.0 Å². The maximum Gasteiger partial charge on any atom is 0.303 e. The number of nitrogens with two attached hydrogens (primary N) is 1. The third kappa shape index (κ3) is 4.88. The van der Waals surface area contributed by atoms with Gasteiger partial charge in [0.05, 0.1) is 12.2 Å². The van der Waals surface area contributed by atoms with Gasteiger partial charge in [0.25, 0.3) is 5.56 Å². The van der Waals surface area contributed by atoms with Gasteiger partial charge in [0.2, 0.25) is 0 Å². The number of hydrogen-bond acceptors (Lipinski definition) is 4. The minimum Gasteiger partial charge on any atom is -0.481 e. The van der Waals surface area contributed by atoms with Gasteiger partial charge in [0, 0.05) is 34.7 Å². The number of carboxylic acids is 1. The average molecular weight is 416 g/mol. The molecule has 0 aliphatic carbocycles. The molecule has 0 spiro atoms. The van der Waals surface area contributed by atoms with Crippen LogP contribution in [-0.2, 0) is 24.3 Å². The molecule has 2 aromatic carbocycles. The minimum atomic E-state index is -1.01. The number of aromatic nitrogens is 2. The van der Waals surface area contributed by atoms with E-state index in [-0.39, 0.29) is 25.9 Å². The number of halogens is 2. The zero-order valence-corrected chi connectivity index (χ0v) is 16.2. The van der Waals surface area contributed by atoms with Crippen LogP contribution in [0.2, 0.25) is 5.02 Å². The smallest absolute Gasteiger partial charge is 0.303 e. The Labute approximate surface area is 171 Å². The summed E-state index contributed by atoms with van der Waals surface area (Å²) in [5.41, 5.74) is 7.53. The summed E-state index contributed by atoms with van der Waals surface area (Å²) < 4.78 is 15.1. The molecule has 150 valence electrons. The van der Waals surface area contributed by atoms with Crippen LogP contribution in [-0.4, -0.2) is 20.9 Å². The van der Waals surface area contributed by atoms with Gasteiger partial charge >= 0.3 is 5.97 Å². The first kappa shape index (κ1) is 20.7. The molecule has 0 fully saturated rings. The molecule has 3 N–H and O–H groups in total. The Hall–Kier alpha value is -3.03. The van der Waals surface area contributed by atoms with Crippen molar-refractivity contribution in [3.8, 4) is 11.3 Å². The summed E-state index contributed by atoms with van der Waals surface area (Å²) in [6.07, 6.45) is -0.139. The number of aliphatic carboxylic acids is 1. The summed E-state index contributed by atoms with van der Waals surface area (Å²) in [6, 6.07) is 13.0. The number of carbonyl (C=O) groups is 1. The molecule has 0 radical (unpaired) electrons. The molecular formula is C21H19ClFN3O3. The first-order valence-electron chi connectivity index (χ1n) is 8.94. The SMILES string of the molecule is NCc1cc(-c2cc(CCC(=O)O)c(=O)n(Cc3ccccc3Cl)n2)ccc1F. The van der Waals surface area contributed by atoms with E-state index in [1.165, 1.54) is 10.7 Å². The highest BCUT2D eigenvalue weighted by atomic mass is 35.5. The van der Waals surface area contributed by atoms with E-state index in [0.717, 1.165) is 0 Å². The maximum absolute atomic E-state index is 13.8. The predicted molar refractivity (Wildman–Crippen MR) is 108 cm³/mol. The van der Waals surface area contributed by atoms with Crippen LogP contribution >= 0.6 is 11.6 Å². The molecule has 0 saturated carbocycles. The van der Waals surface area contributed by atoms with Crippen LogP contribution in [0.4, 0.5) is 4.39 Å². The van der Waals surface area contributed by atoms with Crippen LogP contribution in [0, 0.1) is 5.82 Å². The van der Waals surface area contributed by atoms with Crippen LogP contribution in [0.1, 0.15) is 23.1 Å². The van der Waals surface area contributed by atoms with Crippen molar-refractivity contribution < 1.29 is 14.3 Å². The standard InChI is InChI=1S/C21H19ClFN3O3/c22-17-4-2-1-3-15(17)12-26-21(29)14(6-8-20(27)28)10-19(25-26)13-5-7-18(23)16(9-13)11-24/h1-5,7,9-10H,6,8,11-12,24H2,(H,27,28). The molecule has 0 bridgehead atoms. The third-order valence-corrected chi connectivity index (χ3v) is 4.86. The van der Waals surface area contributed by atoms with Crippen molar-refractivity contribution in [3.05, 3.63) is 86.4 Å². The molecule has 0 unspecified atom stereocenters. The average Bonchev–Trinajstić information content (AvgIpc) is 2.70. The summed E-state index contributed by atoms with van der Waals surface area (Å²) in [6.45, 7) is 0.141. The number of aryl methyl sites for hydroxylation is 1. The molecule has 1 aromatic heterocycles. The molecule has 3 aromatic rings. The second-order valence-electron chi connectivity index (χ2n) is 6.51. The fraction of sp³-hybridized carbons (Fsp3) is 0.190. The summed E-state index contributed by atoms with van der Waals surface area (Å²) in [5, 5.41) is 13.9. The normalized spacial score (nSPS) is 10.9. The number of nitrogens with zero attached hydrogens (tertiary/aromatic N) is 2. The highest BCUT2D eigenvalue weighted by Crippen LogP contribution is 2.22. The highest BCUT2D eigenvalue weighted by molar-refractivity contribution is 6.31. The Kier molecular flexibility index (Phi) is 6.41. The molecule has 0 aliphatic heterocycles. The topological polar surface area (TPSA) is 98.2 Å². The molecule has 0 saturated heterocycles. The van der Waals surface area contributed by atoms with E-state index in [2.05, 4.69) is 5.10 Å². The van der Waals surface area contributed by atoms with Gasteiger partial charge in [-0.25, -0.2) is 9.07 Å². The van der Waals surface area contributed by atoms with Crippen molar-refractivity contribution in [3.63, 3.8) is 0 Å². The number of rotatable bonds is 7. The zero-order chi connectivity index (χ0) is 21.0. The number of hydrogen-bond donors (Lipinski definition) is 2. The van der Waals surface area contributed by atoms with Crippen molar-refractivity contribution in [2.24, 2.45) is 5.73 Å². The lowest BCUT2D eigenvalue weighted by atomic mass is 10.0. The fourth-order valence-electron chi connectivity index (χ4n) is 2.94. The molecule has 0 atom stereocenters. The van der Waals surface area contributed by atoms with Gasteiger partial charge < -0.3 is 10.8 Å². The summed E-state index contributed by atoms with van der Waals surface area (Å²) in [7, 11) is 0. The van der Waals surface area contributed by atoms with Crippen molar-refractivity contribution >= 4 is 17.6 Å². The summed E-state index contributed by atoms with van der Waals surface area (Å²) >= 11 is 6.21. The summed E-state index contributed by atoms with van der Waals surface area (Å²) in [5.74, 6) is -1.43. The molecule has 0 amide bonds. The Morgan fingerprint density at radius 3 is 2.59 bits per heavy atom. The Morgan fingerprint density at radius 1 is 1.14 bits per heavy atom. The quantitative estimate of drug-likeness (QED) is 0.617. The zero-order valence-electron chi connectivity index (χ0n) is 15.4. The molecular weight excluding hydrogens is 397 g/mol. The second-order valence-corrected chi connectivity index (χ2v) is 6.92. The van der Waals surface area contributed by atoms with E-state index in [1.807, 2.05) is 0 Å². The predicted octanol–water partition coefficient (Wildman–Crippen LogP) is 3.23. The van der Waals surface area contributed by atoms with Crippen LogP contribution in [0.15, 0.2) is 53.3 Å². The Balaban J connectivity index is 2.11. The minimum absolute atomic E-state index is 0.0187. The van der Waals surface area contributed by atoms with Crippen molar-refractivity contribution in [1.82, 2.24) is 9.78 Å². The van der Waals surface area contributed by atoms with Crippen molar-refractivity contribution in [1.29, 1.82) is 0 Å². The van der Waals surface area contributed by atoms with Crippen molar-refractivity contribution in [2.75, 3.05) is 0 Å². The first-order chi connectivity index (χ1) is 13.9. The Bertz CT molecular complexity index is 1110. The number of benzene rings is 2. The Morgan fingerprint density at radius 2 is 1.90 bits per heavy atom. The van der Waals surface area contributed by atoms with Crippen LogP contribution in [0.25, 0.3) is 11.3 Å². The molecule has 1 heterocycles. The fourth-order valence-corrected chi connectivity index (χ4v) is 3.14. The van der Waals surface area contributed by atoms with Gasteiger partial charge in [-0.1, -0.05) is 29.8 Å². The van der Waals surface area contributed by atoms with E-state index < -0.39 is 17.3 Å². The van der Waals surface area contributed by atoms with E-state index in [0.29, 0.717) is 33.0 Å². The van der Waals surface area contributed by atoms with Gasteiger partial charge in [0.1, 0.15) is 5.82 Å². The number of carboxylic acid groups (broad SMARTS) is 1. The lowest BCUT2D eigenvalue weighted by molar-refractivity contribution is -0.136. The molecule has 8 heteroatoms. The van der Waals surface area contributed by atoms with Crippen LogP contribution in [0.3, 0.4) is 0 Å². The molecule has 29 heavy (non-hydrogen) atoms. The van der Waals surface area contributed by atoms with Gasteiger partial charge in [-0.15, -0.1) is 0 Å². The molecule has 0 aliphatic rings. The van der Waals surface area contributed by atoms with E-state index >= 15 is 0 Å². The van der Waals surface area contributed by atoms with Gasteiger partial charge in [0.15, 0.2) is 0 Å². The third-order valence-electron chi connectivity index (χ3n) is 4.50. The van der Waals surface area contributed by atoms with Gasteiger partial charge in [-0.2, -0.15) is 5.10 Å². The van der Waals surface area contributed by atoms with Crippen LogP contribution in [0.5, 0.6) is 0 Å². The highest BCUT2D eigenvalue weighted by Gasteiger charge is 2.14. The van der Waals surface area contributed by atoms with E-state index in [1.54, 1.807) is 42.5 Å². The van der Waals surface area contributed by atoms with Crippen molar-refractivity contribution in [2.45, 2.75) is 25.9 Å². The van der Waals surface area contributed by atoms with Crippen LogP contribution < -0.4 is 11.3 Å². The largest absolute Gasteiger partial charge is 0.481 e. The lowest BCUT2D eigenvalue weighted by Gasteiger charge is -2.12. The van der Waals surface area contributed by atoms with Gasteiger partial charge in [-0.05, 0) is 42.3 Å².